The molecule has 5 nitrogen and oxygen atoms in total. The maximum Gasteiger partial charge on any atom is 0.279 e. The molecule has 0 radical (unpaired) electrons. The minimum absolute atomic E-state index is 0.256. The molecule has 0 bridgehead atoms. The number of aliphatic hydroxyl groups is 1. The Hall–Kier alpha value is -0.170. The number of piperidine rings is 1. The molecule has 1 rings (SSSR count). The van der Waals surface area contributed by atoms with Crippen molar-refractivity contribution in [2.45, 2.75) is 53.6 Å². The lowest BCUT2D eigenvalue weighted by molar-refractivity contribution is 0.130. The van der Waals surface area contributed by atoms with Crippen LogP contribution in [0.5, 0.6) is 0 Å². The topological polar surface area (TPSA) is 69.6 Å². The van der Waals surface area contributed by atoms with Crippen LogP contribution in [0.25, 0.3) is 0 Å². The van der Waals surface area contributed by atoms with E-state index in [0.717, 1.165) is 6.42 Å². The summed E-state index contributed by atoms with van der Waals surface area (Å²) in [7, 11) is -3.42. The highest BCUT2D eigenvalue weighted by Crippen LogP contribution is 2.24. The lowest BCUT2D eigenvalue weighted by atomic mass is 9.87. The predicted octanol–water partition coefficient (Wildman–Crippen LogP) is 1.60. The van der Waals surface area contributed by atoms with Crippen LogP contribution in [-0.2, 0) is 10.2 Å². The SMILES string of the molecule is CC(O)CC(C)(C)CNS(=O)(=O)N1CC(C)CC(C)C1. The van der Waals surface area contributed by atoms with Crippen LogP contribution in [-0.4, -0.2) is 43.6 Å². The highest BCUT2D eigenvalue weighted by molar-refractivity contribution is 7.87. The van der Waals surface area contributed by atoms with E-state index in [1.807, 2.05) is 13.8 Å². The van der Waals surface area contributed by atoms with Crippen LogP contribution in [0.3, 0.4) is 0 Å². The smallest absolute Gasteiger partial charge is 0.279 e. The van der Waals surface area contributed by atoms with E-state index in [9.17, 15) is 13.5 Å². The molecular formula is C14H30N2O3S. The van der Waals surface area contributed by atoms with Gasteiger partial charge in [-0.15, -0.1) is 0 Å². The number of rotatable bonds is 6. The summed E-state index contributed by atoms with van der Waals surface area (Å²) in [5.74, 6) is 0.807. The van der Waals surface area contributed by atoms with E-state index in [1.54, 1.807) is 11.2 Å². The Bertz CT molecular complexity index is 397. The normalized spacial score (nSPS) is 27.5. The highest BCUT2D eigenvalue weighted by Gasteiger charge is 2.31. The molecule has 0 aromatic rings. The molecule has 20 heavy (non-hydrogen) atoms. The summed E-state index contributed by atoms with van der Waals surface area (Å²) in [5.41, 5.74) is -0.256. The Kier molecular flexibility index (Phi) is 6.01. The second kappa shape index (κ2) is 6.73. The fourth-order valence-corrected chi connectivity index (χ4v) is 4.71. The fraction of sp³-hybridized carbons (Fsp3) is 1.00. The van der Waals surface area contributed by atoms with Gasteiger partial charge >= 0.3 is 0 Å². The van der Waals surface area contributed by atoms with Crippen LogP contribution >= 0.6 is 0 Å². The summed E-state index contributed by atoms with van der Waals surface area (Å²) < 4.78 is 29.0. The number of hydrogen-bond donors (Lipinski definition) is 2. The summed E-state index contributed by atoms with van der Waals surface area (Å²) >= 11 is 0. The molecule has 6 heteroatoms. The highest BCUT2D eigenvalue weighted by atomic mass is 32.2. The monoisotopic (exact) mass is 306 g/mol. The molecule has 1 aliphatic heterocycles. The maximum atomic E-state index is 12.4. The van der Waals surface area contributed by atoms with Crippen molar-refractivity contribution in [2.24, 2.45) is 17.3 Å². The van der Waals surface area contributed by atoms with Gasteiger partial charge in [0, 0.05) is 19.6 Å². The average molecular weight is 306 g/mol. The molecule has 0 amide bonds. The largest absolute Gasteiger partial charge is 0.393 e. The summed E-state index contributed by atoms with van der Waals surface area (Å²) in [5, 5.41) is 9.45. The predicted molar refractivity (Wildman–Crippen MR) is 81.5 cm³/mol. The van der Waals surface area contributed by atoms with E-state index in [1.165, 1.54) is 0 Å². The van der Waals surface area contributed by atoms with Gasteiger partial charge in [-0.05, 0) is 37.0 Å². The van der Waals surface area contributed by atoms with E-state index in [2.05, 4.69) is 18.6 Å². The zero-order valence-corrected chi connectivity index (χ0v) is 14.2. The molecule has 1 aliphatic rings. The Morgan fingerprint density at radius 1 is 1.30 bits per heavy atom. The van der Waals surface area contributed by atoms with Gasteiger partial charge in [0.2, 0.25) is 0 Å². The standard InChI is InChI=1S/C14H30N2O3S/c1-11-6-12(2)9-16(8-11)20(18,19)15-10-14(4,5)7-13(3)17/h11-13,15,17H,6-10H2,1-5H3. The molecule has 1 heterocycles. The van der Waals surface area contributed by atoms with Gasteiger partial charge in [-0.1, -0.05) is 27.7 Å². The zero-order chi connectivity index (χ0) is 15.6. The lowest BCUT2D eigenvalue weighted by Gasteiger charge is -2.35. The minimum Gasteiger partial charge on any atom is -0.393 e. The van der Waals surface area contributed by atoms with Crippen LogP contribution in [0.1, 0.15) is 47.5 Å². The summed E-state index contributed by atoms with van der Waals surface area (Å²) in [4.78, 5) is 0. The Balaban J connectivity index is 2.61. The van der Waals surface area contributed by atoms with Gasteiger partial charge in [0.1, 0.15) is 0 Å². The molecule has 0 aliphatic carbocycles. The van der Waals surface area contributed by atoms with Gasteiger partial charge in [-0.25, -0.2) is 4.72 Å². The van der Waals surface area contributed by atoms with Crippen molar-refractivity contribution in [1.29, 1.82) is 0 Å². The van der Waals surface area contributed by atoms with Crippen LogP contribution in [0.2, 0.25) is 0 Å². The van der Waals surface area contributed by atoms with Crippen molar-refractivity contribution < 1.29 is 13.5 Å². The zero-order valence-electron chi connectivity index (χ0n) is 13.4. The van der Waals surface area contributed by atoms with Crippen LogP contribution in [0.15, 0.2) is 0 Å². The second-order valence-corrected chi connectivity index (χ2v) is 9.06. The molecule has 0 aromatic carbocycles. The quantitative estimate of drug-likeness (QED) is 0.783. The first-order chi connectivity index (χ1) is 9.02. The molecule has 0 saturated carbocycles. The van der Waals surface area contributed by atoms with Crippen molar-refractivity contribution in [1.82, 2.24) is 9.03 Å². The van der Waals surface area contributed by atoms with Crippen molar-refractivity contribution in [3.63, 3.8) is 0 Å². The molecule has 0 spiro atoms. The maximum absolute atomic E-state index is 12.4. The number of hydrogen-bond acceptors (Lipinski definition) is 3. The third kappa shape index (κ3) is 5.68. The molecule has 2 N–H and O–H groups in total. The molecule has 3 atom stereocenters. The number of nitrogens with zero attached hydrogens (tertiary/aromatic N) is 1. The molecule has 120 valence electrons. The molecule has 3 unspecified atom stereocenters. The first kappa shape index (κ1) is 17.9. The minimum atomic E-state index is -3.42. The van der Waals surface area contributed by atoms with E-state index < -0.39 is 16.3 Å². The number of aliphatic hydroxyl groups excluding tert-OH is 1. The number of nitrogens with one attached hydrogen (secondary N) is 1. The molecular weight excluding hydrogens is 276 g/mol. The van der Waals surface area contributed by atoms with Gasteiger partial charge < -0.3 is 5.11 Å². The molecule has 1 saturated heterocycles. The molecule has 1 fully saturated rings. The van der Waals surface area contributed by atoms with Crippen molar-refractivity contribution in [2.75, 3.05) is 19.6 Å². The summed E-state index contributed by atoms with van der Waals surface area (Å²) in [6, 6.07) is 0. The van der Waals surface area contributed by atoms with Crippen molar-refractivity contribution in [3.05, 3.63) is 0 Å². The van der Waals surface area contributed by atoms with Gasteiger partial charge in [-0.2, -0.15) is 12.7 Å². The van der Waals surface area contributed by atoms with Crippen molar-refractivity contribution in [3.8, 4) is 0 Å². The van der Waals surface area contributed by atoms with Crippen molar-refractivity contribution >= 4 is 10.2 Å². The van der Waals surface area contributed by atoms with Gasteiger partial charge in [-0.3, -0.25) is 0 Å². The fourth-order valence-electron chi connectivity index (χ4n) is 3.05. The van der Waals surface area contributed by atoms with Crippen LogP contribution in [0.4, 0.5) is 0 Å². The van der Waals surface area contributed by atoms with Gasteiger partial charge in [0.05, 0.1) is 6.10 Å². The molecule has 0 aromatic heterocycles. The first-order valence-corrected chi connectivity index (χ1v) is 8.88. The van der Waals surface area contributed by atoms with Gasteiger partial charge in [0.15, 0.2) is 0 Å². The van der Waals surface area contributed by atoms with Crippen LogP contribution < -0.4 is 4.72 Å². The second-order valence-electron chi connectivity index (χ2n) is 7.31. The lowest BCUT2D eigenvalue weighted by Crippen LogP contribution is -2.49. The van der Waals surface area contributed by atoms with E-state index >= 15 is 0 Å². The Labute approximate surface area is 123 Å². The first-order valence-electron chi connectivity index (χ1n) is 7.44. The Morgan fingerprint density at radius 3 is 2.25 bits per heavy atom. The van der Waals surface area contributed by atoms with Gasteiger partial charge in [0.25, 0.3) is 10.2 Å². The third-order valence-electron chi connectivity index (χ3n) is 3.76. The van der Waals surface area contributed by atoms with E-state index in [0.29, 0.717) is 37.9 Å². The Morgan fingerprint density at radius 2 is 1.80 bits per heavy atom. The van der Waals surface area contributed by atoms with Crippen LogP contribution in [0, 0.1) is 17.3 Å². The average Bonchev–Trinajstić information content (AvgIpc) is 2.23. The van der Waals surface area contributed by atoms with E-state index in [4.69, 9.17) is 0 Å². The van der Waals surface area contributed by atoms with E-state index in [-0.39, 0.29) is 5.41 Å². The summed E-state index contributed by atoms with van der Waals surface area (Å²) in [6.45, 7) is 11.4. The third-order valence-corrected chi connectivity index (χ3v) is 5.24. The summed E-state index contributed by atoms with van der Waals surface area (Å²) in [6.07, 6.45) is 1.23.